The molecule has 0 aliphatic rings. The first-order valence-electron chi connectivity index (χ1n) is 19.7. The number of unbranched alkanes of at least 4 members (excludes halogenated alkanes) is 16. The Morgan fingerprint density at radius 3 is 1.60 bits per heavy atom. The average Bonchev–Trinajstić information content (AvgIpc) is 3.09. The maximum atomic E-state index is 14.1. The number of halogens is 2. The summed E-state index contributed by atoms with van der Waals surface area (Å²) in [5, 5.41) is 1.86. The van der Waals surface area contributed by atoms with Gasteiger partial charge in [0.05, 0.1) is 18.5 Å². The monoisotopic (exact) mass is 803 g/mol. The van der Waals surface area contributed by atoms with Gasteiger partial charge in [-0.05, 0) is 48.6 Å². The molecule has 0 heterocycles. The lowest BCUT2D eigenvalue weighted by molar-refractivity contribution is -0.196. The van der Waals surface area contributed by atoms with E-state index in [0.717, 1.165) is 38.5 Å². The minimum absolute atomic E-state index is 0.202. The third-order valence-electron chi connectivity index (χ3n) is 8.59. The van der Waals surface area contributed by atoms with E-state index in [1.807, 2.05) is 0 Å². The van der Waals surface area contributed by atoms with Crippen LogP contribution in [0.25, 0.3) is 0 Å². The average molecular weight is 804 g/mol. The van der Waals surface area contributed by atoms with Gasteiger partial charge in [-0.1, -0.05) is 117 Å². The van der Waals surface area contributed by atoms with Crippen molar-refractivity contribution in [1.29, 1.82) is 0 Å². The Labute approximate surface area is 322 Å². The predicted molar refractivity (Wildman–Crippen MR) is 210 cm³/mol. The number of nitrogens with one attached hydrogen (secondary N) is 1. The molecule has 2 unspecified atom stereocenters. The molecule has 0 saturated carbocycles. The Bertz CT molecular complexity index is 942. The van der Waals surface area contributed by atoms with Gasteiger partial charge in [-0.15, -0.1) is 16.7 Å². The topological polar surface area (TPSA) is 154 Å². The van der Waals surface area contributed by atoms with E-state index in [0.29, 0.717) is 42.9 Å². The molecule has 0 aliphatic carbocycles. The standard InChI is InChI=1S/C37H69F2N2O8PS2/c1-4-6-8-10-12-14-16-18-20-24-33(42)47-26-22-28-51-30-32(36(44)41-31(3)35(40)37(38,39)49-50(45)46)52-29-23-27-48-34(43)25-21-19-17-15-13-11-9-7-5-2/h31-32,35H,4-30,40H2,1-3H3,(H-,41,44,45,46)/p+1/t31?,32-,35+/m0/s1. The Kier molecular flexibility index (Phi) is 33.7. The van der Waals surface area contributed by atoms with E-state index in [4.69, 9.17) is 20.1 Å². The van der Waals surface area contributed by atoms with Gasteiger partial charge >= 0.3 is 26.3 Å². The highest BCUT2D eigenvalue weighted by Gasteiger charge is 2.50. The van der Waals surface area contributed by atoms with Crippen LogP contribution in [0.4, 0.5) is 8.78 Å². The molecule has 0 spiro atoms. The van der Waals surface area contributed by atoms with Crippen LogP contribution in [0.3, 0.4) is 0 Å². The lowest BCUT2D eigenvalue weighted by Gasteiger charge is -2.26. The molecule has 306 valence electrons. The van der Waals surface area contributed by atoms with Gasteiger partial charge in [0.2, 0.25) is 5.91 Å². The van der Waals surface area contributed by atoms with Gasteiger partial charge < -0.3 is 20.5 Å². The fourth-order valence-electron chi connectivity index (χ4n) is 5.37. The highest BCUT2D eigenvalue weighted by Crippen LogP contribution is 2.32. The molecule has 10 nitrogen and oxygen atoms in total. The number of carbonyl (C=O) groups is 3. The quantitative estimate of drug-likeness (QED) is 0.0313. The molecular formula is C37H70F2N2O8PS2+. The second-order valence-electron chi connectivity index (χ2n) is 13.5. The Morgan fingerprint density at radius 1 is 0.731 bits per heavy atom. The van der Waals surface area contributed by atoms with E-state index in [9.17, 15) is 27.7 Å². The zero-order chi connectivity index (χ0) is 38.9. The molecule has 4 N–H and O–H groups in total. The second-order valence-corrected chi connectivity index (χ2v) is 16.6. The van der Waals surface area contributed by atoms with E-state index in [2.05, 4.69) is 23.7 Å². The molecule has 0 saturated heterocycles. The summed E-state index contributed by atoms with van der Waals surface area (Å²) in [4.78, 5) is 46.1. The summed E-state index contributed by atoms with van der Waals surface area (Å²) in [7, 11) is -3.60. The van der Waals surface area contributed by atoms with Gasteiger partial charge in [0.1, 0.15) is 6.04 Å². The molecule has 0 aromatic carbocycles. The molecule has 0 rings (SSSR count). The summed E-state index contributed by atoms with van der Waals surface area (Å²) in [5.74, 6) is 0.522. The molecule has 52 heavy (non-hydrogen) atoms. The summed E-state index contributed by atoms with van der Waals surface area (Å²) >= 11 is 2.80. The highest BCUT2D eigenvalue weighted by atomic mass is 32.2. The molecule has 0 radical (unpaired) electrons. The van der Waals surface area contributed by atoms with Crippen LogP contribution < -0.4 is 11.1 Å². The van der Waals surface area contributed by atoms with Crippen LogP contribution in [0.2, 0.25) is 0 Å². The number of thioether (sulfide) groups is 2. The van der Waals surface area contributed by atoms with Crippen LogP contribution in [0.5, 0.6) is 0 Å². The lowest BCUT2D eigenvalue weighted by Crippen LogP contribution is -2.56. The molecule has 4 atom stereocenters. The number of ether oxygens (including phenoxy) is 2. The maximum Gasteiger partial charge on any atom is 0.701 e. The van der Waals surface area contributed by atoms with E-state index < -0.39 is 37.6 Å². The van der Waals surface area contributed by atoms with Crippen molar-refractivity contribution in [2.24, 2.45) is 5.73 Å². The smallest absolute Gasteiger partial charge is 0.466 e. The summed E-state index contributed by atoms with van der Waals surface area (Å²) in [6.45, 7) is 6.19. The van der Waals surface area contributed by atoms with E-state index in [-0.39, 0.29) is 25.2 Å². The first kappa shape index (κ1) is 51.0. The predicted octanol–water partition coefficient (Wildman–Crippen LogP) is 9.62. The van der Waals surface area contributed by atoms with Crippen molar-refractivity contribution >= 4 is 49.6 Å². The summed E-state index contributed by atoms with van der Waals surface area (Å²) in [5.41, 5.74) is 5.56. The van der Waals surface area contributed by atoms with Crippen LogP contribution in [0, 0.1) is 0 Å². The van der Waals surface area contributed by atoms with Crippen molar-refractivity contribution in [2.45, 2.75) is 185 Å². The van der Waals surface area contributed by atoms with Crippen molar-refractivity contribution < 1.29 is 46.6 Å². The number of hydrogen-bond acceptors (Lipinski definition) is 10. The summed E-state index contributed by atoms with van der Waals surface area (Å²) in [6, 6.07) is -3.32. The van der Waals surface area contributed by atoms with Gasteiger partial charge in [0.15, 0.2) is 0 Å². The molecule has 0 aromatic heterocycles. The van der Waals surface area contributed by atoms with Crippen LogP contribution in [-0.2, 0) is 32.9 Å². The molecular weight excluding hydrogens is 734 g/mol. The van der Waals surface area contributed by atoms with E-state index >= 15 is 0 Å². The number of rotatable bonds is 37. The molecule has 0 aliphatic heterocycles. The lowest BCUT2D eigenvalue weighted by atomic mass is 10.1. The van der Waals surface area contributed by atoms with Gasteiger partial charge in [-0.2, -0.15) is 20.5 Å². The minimum atomic E-state index is -4.13. The number of alkyl halides is 2. The third-order valence-corrected chi connectivity index (χ3v) is 11.7. The largest absolute Gasteiger partial charge is 0.701 e. The number of carbonyl (C=O) groups excluding carboxylic acids is 3. The number of hydrogen-bond donors (Lipinski definition) is 3. The van der Waals surface area contributed by atoms with Crippen molar-refractivity contribution in [3.05, 3.63) is 0 Å². The zero-order valence-corrected chi connectivity index (χ0v) is 34.8. The summed E-state index contributed by atoms with van der Waals surface area (Å²) in [6.07, 6.45) is 18.8. The Hall–Kier alpha value is -1.05. The Morgan fingerprint density at radius 2 is 1.15 bits per heavy atom. The van der Waals surface area contributed by atoms with Gasteiger partial charge in [-0.25, -0.2) is 0 Å². The molecule has 15 heteroatoms. The zero-order valence-electron chi connectivity index (χ0n) is 32.2. The van der Waals surface area contributed by atoms with Crippen molar-refractivity contribution in [1.82, 2.24) is 5.32 Å². The Balaban J connectivity index is 4.54. The molecule has 0 bridgehead atoms. The van der Waals surface area contributed by atoms with Crippen LogP contribution in [0.1, 0.15) is 162 Å². The van der Waals surface area contributed by atoms with Crippen molar-refractivity contribution in [3.8, 4) is 0 Å². The second kappa shape index (κ2) is 34.4. The third kappa shape index (κ3) is 30.3. The minimum Gasteiger partial charge on any atom is -0.466 e. The maximum absolute atomic E-state index is 14.1. The fraction of sp³-hybridized carbons (Fsp3) is 0.919. The van der Waals surface area contributed by atoms with Gasteiger partial charge in [0.25, 0.3) is 0 Å². The SMILES string of the molecule is CCCCCCCCCCCC(=O)OCCCSC[C@H](SCCCOC(=O)CCCCCCCCCCC)C(=O)NC(C)[C@@H](N)C(F)(F)O[P+](=O)O. The van der Waals surface area contributed by atoms with E-state index in [1.54, 1.807) is 0 Å². The number of amides is 1. The van der Waals surface area contributed by atoms with Crippen molar-refractivity contribution in [2.75, 3.05) is 30.5 Å². The first-order valence-corrected chi connectivity index (χ1v) is 23.1. The fourth-order valence-corrected chi connectivity index (χ4v) is 8.02. The summed E-state index contributed by atoms with van der Waals surface area (Å²) < 4.78 is 53.5. The van der Waals surface area contributed by atoms with Gasteiger partial charge in [-0.3, -0.25) is 14.4 Å². The van der Waals surface area contributed by atoms with Crippen molar-refractivity contribution in [3.63, 3.8) is 0 Å². The molecule has 1 amide bonds. The van der Waals surface area contributed by atoms with E-state index in [1.165, 1.54) is 107 Å². The van der Waals surface area contributed by atoms with Gasteiger partial charge in [0, 0.05) is 29.2 Å². The molecule has 0 fully saturated rings. The van der Waals surface area contributed by atoms with Crippen LogP contribution in [0.15, 0.2) is 0 Å². The number of esters is 2. The first-order chi connectivity index (χ1) is 24.9. The normalized spacial score (nSPS) is 13.7. The van der Waals surface area contributed by atoms with Crippen LogP contribution in [-0.4, -0.2) is 76.7 Å². The number of nitrogens with two attached hydrogens (primary N) is 1. The molecule has 0 aromatic rings. The van der Waals surface area contributed by atoms with Crippen LogP contribution >= 0.6 is 31.8 Å². The highest BCUT2D eigenvalue weighted by molar-refractivity contribution is 8.03.